The molecule has 55 valence electrons. The van der Waals surface area contributed by atoms with Crippen LogP contribution in [0, 0.1) is 12.3 Å². The molecule has 0 spiro atoms. The van der Waals surface area contributed by atoms with E-state index in [1.54, 1.807) is 22.7 Å². The van der Waals surface area contributed by atoms with Gasteiger partial charge >= 0.3 is 0 Å². The fraction of sp³-hybridized carbons (Fsp3) is 0.125. The lowest BCUT2D eigenvalue weighted by molar-refractivity contribution is 1.30. The van der Waals surface area contributed by atoms with E-state index in [4.69, 9.17) is 0 Å². The molecule has 0 N–H and O–H groups in total. The molecule has 0 unspecified atom stereocenters. The minimum Gasteiger partial charge on any atom is -0.249 e. The maximum Gasteiger partial charge on any atom is 0.0900 e. The first-order chi connectivity index (χ1) is 5.36. The van der Waals surface area contributed by atoms with Crippen molar-refractivity contribution >= 4 is 22.7 Å². The van der Waals surface area contributed by atoms with Gasteiger partial charge in [0, 0.05) is 16.5 Å². The van der Waals surface area contributed by atoms with E-state index in [2.05, 4.69) is 16.4 Å². The van der Waals surface area contributed by atoms with E-state index in [1.165, 1.54) is 9.75 Å². The molecule has 0 atom stereocenters. The molecule has 2 aromatic heterocycles. The molecule has 2 aromatic rings. The Hall–Kier alpha value is -0.670. The van der Waals surface area contributed by atoms with Crippen molar-refractivity contribution in [3.63, 3.8) is 0 Å². The molecule has 0 aromatic carbocycles. The van der Waals surface area contributed by atoms with Gasteiger partial charge < -0.3 is 0 Å². The van der Waals surface area contributed by atoms with E-state index in [0.29, 0.717) is 0 Å². The summed E-state index contributed by atoms with van der Waals surface area (Å²) in [6, 6.07) is 4.01. The second kappa shape index (κ2) is 2.75. The van der Waals surface area contributed by atoms with Crippen LogP contribution in [0.25, 0.3) is 9.75 Å². The van der Waals surface area contributed by atoms with Gasteiger partial charge in [0.2, 0.25) is 0 Å². The number of aromatic nitrogens is 1. The summed E-state index contributed by atoms with van der Waals surface area (Å²) >= 11 is 3.36. The Kier molecular flexibility index (Phi) is 1.75. The highest BCUT2D eigenvalue weighted by Gasteiger charge is 2.00. The lowest BCUT2D eigenvalue weighted by Crippen LogP contribution is -1.58. The molecule has 11 heavy (non-hydrogen) atoms. The monoisotopic (exact) mass is 180 g/mol. The molecule has 0 aliphatic carbocycles. The van der Waals surface area contributed by atoms with E-state index in [9.17, 15) is 0 Å². The molecule has 0 aliphatic heterocycles. The summed E-state index contributed by atoms with van der Waals surface area (Å²) < 4.78 is 0. The van der Waals surface area contributed by atoms with Crippen molar-refractivity contribution in [2.45, 2.75) is 6.92 Å². The van der Waals surface area contributed by atoms with E-state index < -0.39 is 0 Å². The van der Waals surface area contributed by atoms with Gasteiger partial charge in [-0.05, 0) is 19.1 Å². The first kappa shape index (κ1) is 7.00. The Morgan fingerprint density at radius 2 is 2.36 bits per heavy atom. The topological polar surface area (TPSA) is 12.9 Å². The third-order valence-corrected chi connectivity index (χ3v) is 3.24. The largest absolute Gasteiger partial charge is 0.249 e. The number of aryl methyl sites for hydroxylation is 1. The maximum atomic E-state index is 4.18. The predicted octanol–water partition coefficient (Wildman–Crippen LogP) is 2.98. The van der Waals surface area contributed by atoms with Crippen LogP contribution in [0.2, 0.25) is 0 Å². The summed E-state index contributed by atoms with van der Waals surface area (Å²) in [6.07, 6.45) is 1.92. The minimum atomic E-state index is 1.12. The number of thiazole rings is 1. The van der Waals surface area contributed by atoms with Gasteiger partial charge in [0.15, 0.2) is 0 Å². The standard InChI is InChI=1S/C8H6NS2/c1-6-9-5-8(11-6)7-3-2-4-10-7/h2-3,5H,1H3. The SMILES string of the molecule is Cc1ncc(-c2cc[c]s2)s1. The zero-order valence-corrected chi connectivity index (χ0v) is 7.63. The lowest BCUT2D eigenvalue weighted by Gasteiger charge is -1.84. The predicted molar refractivity (Wildman–Crippen MR) is 49.0 cm³/mol. The molecule has 0 aliphatic rings. The van der Waals surface area contributed by atoms with Crippen LogP contribution in [0.5, 0.6) is 0 Å². The van der Waals surface area contributed by atoms with Gasteiger partial charge in [-0.15, -0.1) is 22.7 Å². The zero-order valence-electron chi connectivity index (χ0n) is 6.00. The van der Waals surface area contributed by atoms with Crippen LogP contribution < -0.4 is 0 Å². The second-order valence-electron chi connectivity index (χ2n) is 2.16. The van der Waals surface area contributed by atoms with Crippen molar-refractivity contribution in [3.05, 3.63) is 28.7 Å². The Balaban J connectivity index is 2.45. The lowest BCUT2D eigenvalue weighted by atomic mass is 10.4. The number of hydrogen-bond acceptors (Lipinski definition) is 3. The molecule has 0 saturated heterocycles. The van der Waals surface area contributed by atoms with Gasteiger partial charge in [-0.1, -0.05) is 0 Å². The second-order valence-corrected chi connectivity index (χ2v) is 4.28. The Bertz CT molecular complexity index is 335. The fourth-order valence-corrected chi connectivity index (χ4v) is 2.35. The third kappa shape index (κ3) is 1.34. The summed E-state index contributed by atoms with van der Waals surface area (Å²) in [6.45, 7) is 2.02. The van der Waals surface area contributed by atoms with Gasteiger partial charge in [-0.3, -0.25) is 0 Å². The molecule has 0 amide bonds. The molecular formula is C8H6NS2. The fourth-order valence-electron chi connectivity index (χ4n) is 0.849. The highest BCUT2D eigenvalue weighted by Crippen LogP contribution is 2.28. The first-order valence-corrected chi connectivity index (χ1v) is 4.88. The van der Waals surface area contributed by atoms with E-state index in [1.807, 2.05) is 19.2 Å². The summed E-state index contributed by atoms with van der Waals surface area (Å²) in [5.74, 6) is 0. The van der Waals surface area contributed by atoms with E-state index in [-0.39, 0.29) is 0 Å². The van der Waals surface area contributed by atoms with Gasteiger partial charge in [0.25, 0.3) is 0 Å². The average molecular weight is 180 g/mol. The minimum absolute atomic E-state index is 1.12. The molecule has 1 radical (unpaired) electrons. The third-order valence-electron chi connectivity index (χ3n) is 1.34. The van der Waals surface area contributed by atoms with E-state index in [0.717, 1.165) is 5.01 Å². The van der Waals surface area contributed by atoms with Crippen LogP contribution in [0.15, 0.2) is 18.3 Å². The van der Waals surface area contributed by atoms with Gasteiger partial charge in [0.05, 0.1) is 9.88 Å². The van der Waals surface area contributed by atoms with Gasteiger partial charge in [0.1, 0.15) is 0 Å². The zero-order chi connectivity index (χ0) is 7.68. The molecule has 0 saturated carbocycles. The molecular weight excluding hydrogens is 174 g/mol. The van der Waals surface area contributed by atoms with Crippen LogP contribution >= 0.6 is 22.7 Å². The molecule has 3 heteroatoms. The molecule has 2 rings (SSSR count). The summed E-state index contributed by atoms with van der Waals surface area (Å²) in [5.41, 5.74) is 0. The van der Waals surface area contributed by atoms with Gasteiger partial charge in [-0.25, -0.2) is 4.98 Å². The number of hydrogen-bond donors (Lipinski definition) is 0. The Labute approximate surface area is 73.4 Å². The number of nitrogens with zero attached hydrogens (tertiary/aromatic N) is 1. The normalized spacial score (nSPS) is 10.3. The quantitative estimate of drug-likeness (QED) is 0.657. The van der Waals surface area contributed by atoms with Crippen LogP contribution in [-0.4, -0.2) is 4.98 Å². The number of thiophene rings is 1. The Morgan fingerprint density at radius 3 is 2.91 bits per heavy atom. The van der Waals surface area contributed by atoms with Crippen molar-refractivity contribution in [1.29, 1.82) is 0 Å². The Morgan fingerprint density at radius 1 is 1.45 bits per heavy atom. The first-order valence-electron chi connectivity index (χ1n) is 3.25. The van der Waals surface area contributed by atoms with Crippen LogP contribution in [0.4, 0.5) is 0 Å². The van der Waals surface area contributed by atoms with Crippen molar-refractivity contribution < 1.29 is 0 Å². The average Bonchev–Trinajstić information content (AvgIpc) is 2.55. The smallest absolute Gasteiger partial charge is 0.0900 e. The molecule has 0 bridgehead atoms. The summed E-state index contributed by atoms with van der Waals surface area (Å²) in [4.78, 5) is 6.69. The summed E-state index contributed by atoms with van der Waals surface area (Å²) in [7, 11) is 0. The van der Waals surface area contributed by atoms with Crippen molar-refractivity contribution in [2.75, 3.05) is 0 Å². The molecule has 0 fully saturated rings. The van der Waals surface area contributed by atoms with E-state index >= 15 is 0 Å². The molecule has 2 heterocycles. The highest BCUT2D eigenvalue weighted by atomic mass is 32.1. The number of rotatable bonds is 1. The maximum absolute atomic E-state index is 4.18. The van der Waals surface area contributed by atoms with Gasteiger partial charge in [-0.2, -0.15) is 0 Å². The van der Waals surface area contributed by atoms with Crippen molar-refractivity contribution in [3.8, 4) is 9.75 Å². The van der Waals surface area contributed by atoms with Crippen LogP contribution in [0.1, 0.15) is 5.01 Å². The van der Waals surface area contributed by atoms with Crippen LogP contribution in [-0.2, 0) is 0 Å². The highest BCUT2D eigenvalue weighted by molar-refractivity contribution is 7.20. The molecule has 1 nitrogen and oxygen atoms in total. The summed E-state index contributed by atoms with van der Waals surface area (Å²) in [5, 5.41) is 4.18. The van der Waals surface area contributed by atoms with Crippen molar-refractivity contribution in [1.82, 2.24) is 4.98 Å². The van der Waals surface area contributed by atoms with Crippen LogP contribution in [0.3, 0.4) is 0 Å². The van der Waals surface area contributed by atoms with Crippen molar-refractivity contribution in [2.24, 2.45) is 0 Å².